The lowest BCUT2D eigenvalue weighted by Crippen LogP contribution is -2.45. The lowest BCUT2D eigenvalue weighted by Gasteiger charge is -2.35. The van der Waals surface area contributed by atoms with Crippen molar-refractivity contribution in [2.45, 2.75) is 6.04 Å². The number of nitrogens with one attached hydrogen (secondary N) is 2. The summed E-state index contributed by atoms with van der Waals surface area (Å²) >= 11 is 0. The maximum atomic E-state index is 12.5. The summed E-state index contributed by atoms with van der Waals surface area (Å²) < 4.78 is 21.1. The van der Waals surface area contributed by atoms with Crippen LogP contribution in [0.1, 0.15) is 22.0 Å². The maximum absolute atomic E-state index is 12.5. The fourth-order valence-corrected chi connectivity index (χ4v) is 3.65. The summed E-state index contributed by atoms with van der Waals surface area (Å²) in [7, 11) is 4.65. The number of morpholine rings is 1. The predicted octanol–water partition coefficient (Wildman–Crippen LogP) is 1.63. The van der Waals surface area contributed by atoms with Gasteiger partial charge in [-0.15, -0.1) is 0 Å². The summed E-state index contributed by atoms with van der Waals surface area (Å²) in [5.74, 6) is 1.11. The number of rotatable bonds is 10. The van der Waals surface area contributed by atoms with Gasteiger partial charge >= 0.3 is 0 Å². The van der Waals surface area contributed by atoms with Crippen LogP contribution in [0.15, 0.2) is 42.5 Å². The largest absolute Gasteiger partial charge is 0.497 e. The molecule has 9 heteroatoms. The Morgan fingerprint density at radius 3 is 2.09 bits per heavy atom. The molecule has 0 aliphatic carbocycles. The minimum atomic E-state index is -0.387. The fourth-order valence-electron chi connectivity index (χ4n) is 3.65. The Hall–Kier alpha value is -3.30. The second-order valence-electron chi connectivity index (χ2n) is 7.53. The molecular weight excluding hydrogens is 426 g/mol. The van der Waals surface area contributed by atoms with Crippen LogP contribution in [-0.2, 0) is 9.53 Å². The van der Waals surface area contributed by atoms with Crippen molar-refractivity contribution in [1.29, 1.82) is 0 Å². The smallest absolute Gasteiger partial charge is 0.251 e. The van der Waals surface area contributed by atoms with Crippen molar-refractivity contribution in [2.75, 3.05) is 60.7 Å². The molecule has 0 aromatic heterocycles. The first-order valence-corrected chi connectivity index (χ1v) is 10.8. The van der Waals surface area contributed by atoms with Crippen LogP contribution >= 0.6 is 0 Å². The van der Waals surface area contributed by atoms with E-state index in [1.165, 1.54) is 14.2 Å². The van der Waals surface area contributed by atoms with Gasteiger partial charge in [0, 0.05) is 31.3 Å². The molecule has 3 rings (SSSR count). The Morgan fingerprint density at radius 1 is 0.909 bits per heavy atom. The monoisotopic (exact) mass is 457 g/mol. The van der Waals surface area contributed by atoms with Gasteiger partial charge in [0.15, 0.2) is 0 Å². The van der Waals surface area contributed by atoms with Gasteiger partial charge in [-0.25, -0.2) is 0 Å². The minimum Gasteiger partial charge on any atom is -0.497 e. The summed E-state index contributed by atoms with van der Waals surface area (Å²) in [6.07, 6.45) is 0. The Kier molecular flexibility index (Phi) is 8.91. The highest BCUT2D eigenvalue weighted by atomic mass is 16.5. The number of hydrogen-bond acceptors (Lipinski definition) is 7. The van der Waals surface area contributed by atoms with Crippen molar-refractivity contribution in [1.82, 2.24) is 15.5 Å². The van der Waals surface area contributed by atoms with Crippen LogP contribution in [0.2, 0.25) is 0 Å². The Morgan fingerprint density at radius 2 is 1.52 bits per heavy atom. The SMILES string of the molecule is COc1ccc(C(CNC(=O)CNC(=O)c2cc(OC)cc(OC)c2)N2CCOCC2)cc1. The molecule has 1 fully saturated rings. The van der Waals surface area contributed by atoms with Crippen LogP contribution in [-0.4, -0.2) is 77.4 Å². The quantitative estimate of drug-likeness (QED) is 0.560. The van der Waals surface area contributed by atoms with E-state index >= 15 is 0 Å². The average molecular weight is 458 g/mol. The van der Waals surface area contributed by atoms with Gasteiger partial charge in [-0.3, -0.25) is 14.5 Å². The number of nitrogens with zero attached hydrogens (tertiary/aromatic N) is 1. The number of ether oxygens (including phenoxy) is 4. The Bertz CT molecular complexity index is 906. The highest BCUT2D eigenvalue weighted by Crippen LogP contribution is 2.24. The molecular formula is C24H31N3O6. The van der Waals surface area contributed by atoms with E-state index in [4.69, 9.17) is 18.9 Å². The molecule has 178 valence electrons. The van der Waals surface area contributed by atoms with Crippen LogP contribution < -0.4 is 24.8 Å². The van der Waals surface area contributed by atoms with E-state index in [2.05, 4.69) is 15.5 Å². The highest BCUT2D eigenvalue weighted by molar-refractivity contribution is 5.97. The zero-order chi connectivity index (χ0) is 23.6. The molecule has 2 N–H and O–H groups in total. The number of benzene rings is 2. The zero-order valence-corrected chi connectivity index (χ0v) is 19.3. The second-order valence-corrected chi connectivity index (χ2v) is 7.53. The van der Waals surface area contributed by atoms with Crippen molar-refractivity contribution >= 4 is 11.8 Å². The van der Waals surface area contributed by atoms with E-state index in [0.717, 1.165) is 24.4 Å². The van der Waals surface area contributed by atoms with Crippen molar-refractivity contribution in [3.63, 3.8) is 0 Å². The molecule has 1 aliphatic rings. The van der Waals surface area contributed by atoms with Gasteiger partial charge in [0.1, 0.15) is 17.2 Å². The molecule has 2 aromatic rings. The van der Waals surface area contributed by atoms with Crippen molar-refractivity contribution in [3.8, 4) is 17.2 Å². The number of methoxy groups -OCH3 is 3. The first kappa shape index (κ1) is 24.3. The van der Waals surface area contributed by atoms with Crippen LogP contribution in [0.5, 0.6) is 17.2 Å². The fraction of sp³-hybridized carbons (Fsp3) is 0.417. The van der Waals surface area contributed by atoms with E-state index in [1.54, 1.807) is 25.3 Å². The van der Waals surface area contributed by atoms with E-state index < -0.39 is 0 Å². The summed E-state index contributed by atoms with van der Waals surface area (Å²) in [5, 5.41) is 5.59. The summed E-state index contributed by atoms with van der Waals surface area (Å²) in [4.78, 5) is 27.3. The molecule has 1 aliphatic heterocycles. The average Bonchev–Trinajstić information content (AvgIpc) is 2.87. The third-order valence-corrected chi connectivity index (χ3v) is 5.50. The first-order chi connectivity index (χ1) is 16.0. The normalized spacial score (nSPS) is 14.8. The number of carbonyl (C=O) groups excluding carboxylic acids is 2. The molecule has 1 atom stereocenters. The lowest BCUT2D eigenvalue weighted by atomic mass is 10.0. The van der Waals surface area contributed by atoms with Gasteiger partial charge in [-0.2, -0.15) is 0 Å². The summed E-state index contributed by atoms with van der Waals surface area (Å²) in [6, 6.07) is 12.7. The van der Waals surface area contributed by atoms with E-state index in [9.17, 15) is 9.59 Å². The molecule has 0 bridgehead atoms. The molecule has 0 spiro atoms. The highest BCUT2D eigenvalue weighted by Gasteiger charge is 2.23. The van der Waals surface area contributed by atoms with Crippen LogP contribution in [0.25, 0.3) is 0 Å². The molecule has 2 amide bonds. The molecule has 2 aromatic carbocycles. The molecule has 1 heterocycles. The van der Waals surface area contributed by atoms with Gasteiger partial charge in [-0.05, 0) is 29.8 Å². The number of hydrogen-bond donors (Lipinski definition) is 2. The van der Waals surface area contributed by atoms with Crippen LogP contribution in [0.3, 0.4) is 0 Å². The maximum Gasteiger partial charge on any atom is 0.251 e. The van der Waals surface area contributed by atoms with Gasteiger partial charge < -0.3 is 29.6 Å². The predicted molar refractivity (Wildman–Crippen MR) is 123 cm³/mol. The Balaban J connectivity index is 1.59. The van der Waals surface area contributed by atoms with Gasteiger partial charge in [-0.1, -0.05) is 12.1 Å². The van der Waals surface area contributed by atoms with Crippen molar-refractivity contribution < 1.29 is 28.5 Å². The standard InChI is InChI=1S/C24H31N3O6/c1-30-19-6-4-17(5-7-19)22(27-8-10-33-11-9-27)15-25-23(28)16-26-24(29)18-12-20(31-2)14-21(13-18)32-3/h4-7,12-14,22H,8-11,15-16H2,1-3H3,(H,25,28)(H,26,29). The van der Waals surface area contributed by atoms with E-state index in [0.29, 0.717) is 36.8 Å². The Labute approximate surface area is 193 Å². The summed E-state index contributed by atoms with van der Waals surface area (Å²) in [6.45, 7) is 3.13. The van der Waals surface area contributed by atoms with Gasteiger partial charge in [0.05, 0.1) is 47.1 Å². The third-order valence-electron chi connectivity index (χ3n) is 5.50. The van der Waals surface area contributed by atoms with Gasteiger partial charge in [0.2, 0.25) is 5.91 Å². The lowest BCUT2D eigenvalue weighted by molar-refractivity contribution is -0.120. The molecule has 0 radical (unpaired) electrons. The van der Waals surface area contributed by atoms with Crippen LogP contribution in [0.4, 0.5) is 0 Å². The minimum absolute atomic E-state index is 0.0119. The second kappa shape index (κ2) is 12.1. The van der Waals surface area contributed by atoms with Crippen molar-refractivity contribution in [2.24, 2.45) is 0 Å². The topological polar surface area (TPSA) is 98.4 Å². The van der Waals surface area contributed by atoms with Crippen LogP contribution in [0, 0.1) is 0 Å². The number of carbonyl (C=O) groups is 2. The first-order valence-electron chi connectivity index (χ1n) is 10.8. The van der Waals surface area contributed by atoms with E-state index in [-0.39, 0.29) is 24.4 Å². The molecule has 0 saturated carbocycles. The number of amides is 2. The third kappa shape index (κ3) is 6.84. The zero-order valence-electron chi connectivity index (χ0n) is 19.3. The molecule has 33 heavy (non-hydrogen) atoms. The van der Waals surface area contributed by atoms with Crippen molar-refractivity contribution in [3.05, 3.63) is 53.6 Å². The van der Waals surface area contributed by atoms with E-state index in [1.807, 2.05) is 24.3 Å². The molecule has 9 nitrogen and oxygen atoms in total. The van der Waals surface area contributed by atoms with Gasteiger partial charge in [0.25, 0.3) is 5.91 Å². The summed E-state index contributed by atoms with van der Waals surface area (Å²) in [5.41, 5.74) is 1.42. The molecule has 1 saturated heterocycles. The molecule has 1 unspecified atom stereocenters.